The van der Waals surface area contributed by atoms with Crippen molar-refractivity contribution in [1.82, 2.24) is 9.97 Å². The van der Waals surface area contributed by atoms with Gasteiger partial charge in [-0.25, -0.2) is 9.97 Å². The summed E-state index contributed by atoms with van der Waals surface area (Å²) >= 11 is 4.96. The molecule has 0 aromatic carbocycles. The van der Waals surface area contributed by atoms with Gasteiger partial charge < -0.3 is 5.32 Å². The molecule has 1 aromatic heterocycles. The van der Waals surface area contributed by atoms with Gasteiger partial charge in [-0.2, -0.15) is 0 Å². The molecule has 172 valence electrons. The van der Waals surface area contributed by atoms with E-state index in [1.54, 1.807) is 23.5 Å². The van der Waals surface area contributed by atoms with Gasteiger partial charge in [-0.1, -0.05) is 71.6 Å². The number of thioether (sulfide) groups is 3. The summed E-state index contributed by atoms with van der Waals surface area (Å²) in [6.45, 7) is 6.38. The number of carbonyl (C=O) groups is 1. The predicted octanol–water partition coefficient (Wildman–Crippen LogP) is 7.60. The summed E-state index contributed by atoms with van der Waals surface area (Å²) in [7, 11) is 0. The number of nitrogens with one attached hydrogen (secondary N) is 1. The fourth-order valence-electron chi connectivity index (χ4n) is 3.28. The normalized spacial score (nSPS) is 12.2. The number of rotatable bonds is 17. The Hall–Kier alpha value is -0.400. The van der Waals surface area contributed by atoms with E-state index in [1.807, 2.05) is 31.2 Å². The van der Waals surface area contributed by atoms with E-state index < -0.39 is 0 Å². The Labute approximate surface area is 197 Å². The Morgan fingerprint density at radius 1 is 0.867 bits per heavy atom. The fraction of sp³-hybridized carbons (Fsp3) is 0.783. The second-order valence-corrected chi connectivity index (χ2v) is 10.5. The van der Waals surface area contributed by atoms with Crippen LogP contribution in [-0.4, -0.2) is 39.4 Å². The molecule has 0 radical (unpaired) electrons. The van der Waals surface area contributed by atoms with Gasteiger partial charge in [0.25, 0.3) is 0 Å². The molecule has 0 saturated heterocycles. The maximum atomic E-state index is 13.2. The third-order valence-electron chi connectivity index (χ3n) is 5.02. The van der Waals surface area contributed by atoms with Crippen LogP contribution in [0.2, 0.25) is 0 Å². The summed E-state index contributed by atoms with van der Waals surface area (Å²) in [5, 5.41) is 4.90. The largest absolute Gasteiger partial charge is 0.321 e. The third-order valence-corrected chi connectivity index (χ3v) is 7.76. The van der Waals surface area contributed by atoms with Gasteiger partial charge in [0.15, 0.2) is 0 Å². The third kappa shape index (κ3) is 10.8. The summed E-state index contributed by atoms with van der Waals surface area (Å²) < 4.78 is 0. The molecule has 0 fully saturated rings. The molecule has 0 spiro atoms. The summed E-state index contributed by atoms with van der Waals surface area (Å²) in [5.41, 5.74) is 0.783. The van der Waals surface area contributed by atoms with Crippen LogP contribution in [-0.2, 0) is 4.79 Å². The number of aryl methyl sites for hydroxylation is 1. The van der Waals surface area contributed by atoms with E-state index in [4.69, 9.17) is 0 Å². The van der Waals surface area contributed by atoms with Crippen molar-refractivity contribution in [3.63, 3.8) is 0 Å². The van der Waals surface area contributed by atoms with E-state index in [1.165, 1.54) is 57.8 Å². The molecule has 1 amide bonds. The van der Waals surface area contributed by atoms with Crippen molar-refractivity contribution in [3.05, 3.63) is 5.82 Å². The molecule has 0 saturated carbocycles. The molecule has 1 atom stereocenters. The smallest absolute Gasteiger partial charge is 0.237 e. The molecule has 0 bridgehead atoms. The molecule has 1 rings (SSSR count). The van der Waals surface area contributed by atoms with E-state index in [-0.39, 0.29) is 11.2 Å². The molecule has 1 heterocycles. The van der Waals surface area contributed by atoms with Crippen molar-refractivity contribution in [2.45, 2.75) is 107 Å². The summed E-state index contributed by atoms with van der Waals surface area (Å²) in [6.07, 6.45) is 17.5. The van der Waals surface area contributed by atoms with Crippen molar-refractivity contribution >= 4 is 46.9 Å². The van der Waals surface area contributed by atoms with Crippen LogP contribution in [0.25, 0.3) is 0 Å². The lowest BCUT2D eigenvalue weighted by atomic mass is 10.1. The Bertz CT molecular complexity index is 588. The maximum Gasteiger partial charge on any atom is 0.237 e. The Kier molecular flexibility index (Phi) is 15.8. The molecule has 7 heteroatoms. The molecule has 4 nitrogen and oxygen atoms in total. The van der Waals surface area contributed by atoms with Gasteiger partial charge in [0.1, 0.15) is 21.6 Å². The van der Waals surface area contributed by atoms with Crippen LogP contribution < -0.4 is 5.32 Å². The Balaban J connectivity index is 2.75. The van der Waals surface area contributed by atoms with Crippen molar-refractivity contribution in [3.8, 4) is 0 Å². The monoisotopic (exact) mass is 471 g/mol. The van der Waals surface area contributed by atoms with E-state index in [0.717, 1.165) is 40.2 Å². The lowest BCUT2D eigenvalue weighted by Gasteiger charge is -2.19. The van der Waals surface area contributed by atoms with Crippen molar-refractivity contribution in [2.75, 3.05) is 23.6 Å². The van der Waals surface area contributed by atoms with Crippen molar-refractivity contribution in [1.29, 1.82) is 0 Å². The average molecular weight is 472 g/mol. The van der Waals surface area contributed by atoms with E-state index in [9.17, 15) is 4.79 Å². The Morgan fingerprint density at radius 2 is 1.40 bits per heavy atom. The molecule has 0 aliphatic heterocycles. The molecule has 0 aliphatic carbocycles. The zero-order chi connectivity index (χ0) is 22.2. The van der Waals surface area contributed by atoms with Gasteiger partial charge >= 0.3 is 0 Å². The van der Waals surface area contributed by atoms with E-state index in [0.29, 0.717) is 0 Å². The minimum absolute atomic E-state index is 0.00326. The Morgan fingerprint density at radius 3 is 1.97 bits per heavy atom. The second-order valence-electron chi connectivity index (χ2n) is 7.63. The highest BCUT2D eigenvalue weighted by Crippen LogP contribution is 2.32. The molecule has 1 unspecified atom stereocenters. The SMILES string of the molecule is CCCCCCCCC(SCCCCCC)C(=O)Nc1c(SC)nc(C)nc1SC. The average Bonchev–Trinajstić information content (AvgIpc) is 2.75. The van der Waals surface area contributed by atoms with Crippen LogP contribution in [0.1, 0.15) is 90.3 Å². The van der Waals surface area contributed by atoms with Crippen LogP contribution in [0.15, 0.2) is 10.1 Å². The first-order chi connectivity index (χ1) is 14.6. The van der Waals surface area contributed by atoms with Gasteiger partial charge in [0, 0.05) is 0 Å². The van der Waals surface area contributed by atoms with Gasteiger partial charge in [0.05, 0.1) is 5.25 Å². The van der Waals surface area contributed by atoms with E-state index >= 15 is 0 Å². The first-order valence-electron chi connectivity index (χ1n) is 11.5. The summed E-state index contributed by atoms with van der Waals surface area (Å²) in [5.74, 6) is 1.92. The zero-order valence-electron chi connectivity index (χ0n) is 19.6. The number of hydrogen-bond acceptors (Lipinski definition) is 6. The molecule has 30 heavy (non-hydrogen) atoms. The predicted molar refractivity (Wildman–Crippen MR) is 137 cm³/mol. The molecular formula is C23H41N3OS3. The number of amides is 1. The second kappa shape index (κ2) is 17.2. The van der Waals surface area contributed by atoms with Gasteiger partial charge in [-0.05, 0) is 38.0 Å². The summed E-state index contributed by atoms with van der Waals surface area (Å²) in [4.78, 5) is 22.3. The minimum Gasteiger partial charge on any atom is -0.321 e. The zero-order valence-corrected chi connectivity index (χ0v) is 22.0. The van der Waals surface area contributed by atoms with Crippen LogP contribution in [0, 0.1) is 6.92 Å². The maximum absolute atomic E-state index is 13.2. The molecule has 0 aliphatic rings. The number of anilines is 1. The van der Waals surface area contributed by atoms with E-state index in [2.05, 4.69) is 29.1 Å². The quantitative estimate of drug-likeness (QED) is 0.143. The summed E-state index contributed by atoms with van der Waals surface area (Å²) in [6, 6.07) is 0. The van der Waals surface area contributed by atoms with Gasteiger partial charge in [-0.15, -0.1) is 35.3 Å². The molecular weight excluding hydrogens is 430 g/mol. The van der Waals surface area contributed by atoms with Crippen LogP contribution in [0.3, 0.4) is 0 Å². The first kappa shape index (κ1) is 27.6. The highest BCUT2D eigenvalue weighted by atomic mass is 32.2. The molecule has 1 N–H and O–H groups in total. The van der Waals surface area contributed by atoms with Crippen LogP contribution in [0.5, 0.6) is 0 Å². The first-order valence-corrected chi connectivity index (χ1v) is 15.0. The molecule has 1 aromatic rings. The number of hydrogen-bond donors (Lipinski definition) is 1. The van der Waals surface area contributed by atoms with Crippen molar-refractivity contribution in [2.24, 2.45) is 0 Å². The fourth-order valence-corrected chi connectivity index (χ4v) is 5.70. The standard InChI is InChI=1S/C23H41N3OS3/c1-6-8-10-12-13-14-16-19(30-17-15-11-9-7-2)21(27)26-20-22(28-4)24-18(3)25-23(20)29-5/h19H,6-17H2,1-5H3,(H,26,27). The lowest BCUT2D eigenvalue weighted by molar-refractivity contribution is -0.115. The lowest BCUT2D eigenvalue weighted by Crippen LogP contribution is -2.26. The number of nitrogens with zero attached hydrogens (tertiary/aromatic N) is 2. The number of carbonyl (C=O) groups excluding carboxylic acids is 1. The van der Waals surface area contributed by atoms with Crippen molar-refractivity contribution < 1.29 is 4.79 Å². The van der Waals surface area contributed by atoms with Crippen LogP contribution in [0.4, 0.5) is 5.69 Å². The van der Waals surface area contributed by atoms with Crippen LogP contribution >= 0.6 is 35.3 Å². The minimum atomic E-state index is 0.00326. The highest BCUT2D eigenvalue weighted by Gasteiger charge is 2.22. The number of aromatic nitrogens is 2. The number of unbranched alkanes of at least 4 members (excludes halogenated alkanes) is 8. The topological polar surface area (TPSA) is 54.9 Å². The van der Waals surface area contributed by atoms with Gasteiger partial charge in [-0.3, -0.25) is 4.79 Å². The van der Waals surface area contributed by atoms with Gasteiger partial charge in [0.2, 0.25) is 5.91 Å². The highest BCUT2D eigenvalue weighted by molar-refractivity contribution is 8.00.